The summed E-state index contributed by atoms with van der Waals surface area (Å²) in [7, 11) is 0. The molecule has 0 bridgehead atoms. The van der Waals surface area contributed by atoms with Gasteiger partial charge in [0.05, 0.1) is 0 Å². The number of likely N-dealkylation sites (tertiary alicyclic amines) is 1. The predicted molar refractivity (Wildman–Crippen MR) is 83.9 cm³/mol. The standard InChI is InChI=1S/C18H17F2NO3/c19-13-4-1-2-6-16(13)24-17-8-7-12(10-14(17)20)11-21-9-3-5-15(21)18(22)23/h1-2,4,6-8,10,15H,3,5,9,11H2,(H,22,23)/t15-/m1/s1. The molecule has 4 nitrogen and oxygen atoms in total. The lowest BCUT2D eigenvalue weighted by atomic mass is 10.1. The highest BCUT2D eigenvalue weighted by Crippen LogP contribution is 2.28. The van der Waals surface area contributed by atoms with Crippen LogP contribution in [0.4, 0.5) is 8.78 Å². The Kier molecular flexibility index (Phi) is 4.76. The number of nitrogens with zero attached hydrogens (tertiary/aromatic N) is 1. The summed E-state index contributed by atoms with van der Waals surface area (Å²) in [6.45, 7) is 1.03. The molecular formula is C18H17F2NO3. The Morgan fingerprint density at radius 3 is 2.62 bits per heavy atom. The van der Waals surface area contributed by atoms with E-state index >= 15 is 0 Å². The van der Waals surface area contributed by atoms with Crippen LogP contribution in [-0.4, -0.2) is 28.6 Å². The molecule has 1 aliphatic rings. The first-order chi connectivity index (χ1) is 11.5. The van der Waals surface area contributed by atoms with Gasteiger partial charge in [0.25, 0.3) is 0 Å². The van der Waals surface area contributed by atoms with E-state index in [2.05, 4.69) is 0 Å². The molecule has 0 unspecified atom stereocenters. The number of hydrogen-bond acceptors (Lipinski definition) is 3. The summed E-state index contributed by atoms with van der Waals surface area (Å²) in [5.41, 5.74) is 0.654. The second kappa shape index (κ2) is 6.97. The van der Waals surface area contributed by atoms with Crippen molar-refractivity contribution in [2.45, 2.75) is 25.4 Å². The number of halogens is 2. The number of carboxylic acid groups (broad SMARTS) is 1. The third-order valence-electron chi connectivity index (χ3n) is 4.09. The molecule has 1 N–H and O–H groups in total. The zero-order valence-corrected chi connectivity index (χ0v) is 12.9. The number of rotatable bonds is 5. The number of carbonyl (C=O) groups is 1. The van der Waals surface area contributed by atoms with Crippen molar-refractivity contribution in [1.82, 2.24) is 4.90 Å². The van der Waals surface area contributed by atoms with Gasteiger partial charge >= 0.3 is 5.97 Å². The van der Waals surface area contributed by atoms with Crippen molar-refractivity contribution in [2.24, 2.45) is 0 Å². The van der Waals surface area contributed by atoms with Crippen LogP contribution >= 0.6 is 0 Å². The molecule has 1 heterocycles. The third kappa shape index (κ3) is 3.54. The minimum Gasteiger partial charge on any atom is -0.480 e. The SMILES string of the molecule is O=C(O)[C@H]1CCCN1Cc1ccc(Oc2ccccc2F)c(F)c1. The highest BCUT2D eigenvalue weighted by Gasteiger charge is 2.30. The summed E-state index contributed by atoms with van der Waals surface area (Å²) in [6.07, 6.45) is 1.42. The van der Waals surface area contributed by atoms with Crippen LogP contribution in [0, 0.1) is 11.6 Å². The van der Waals surface area contributed by atoms with Crippen LogP contribution in [0.3, 0.4) is 0 Å². The summed E-state index contributed by atoms with van der Waals surface area (Å²) in [6, 6.07) is 9.65. The van der Waals surface area contributed by atoms with E-state index in [1.807, 2.05) is 4.90 Å². The van der Waals surface area contributed by atoms with Gasteiger partial charge in [-0.3, -0.25) is 9.69 Å². The summed E-state index contributed by atoms with van der Waals surface area (Å²) in [5, 5.41) is 9.18. The number of para-hydroxylation sites is 1. The molecule has 1 saturated heterocycles. The second-order valence-corrected chi connectivity index (χ2v) is 5.76. The van der Waals surface area contributed by atoms with Gasteiger partial charge in [0, 0.05) is 6.54 Å². The second-order valence-electron chi connectivity index (χ2n) is 5.76. The predicted octanol–water partition coefficient (Wildman–Crippen LogP) is 3.81. The molecule has 1 fully saturated rings. The Labute approximate surface area is 138 Å². The van der Waals surface area contributed by atoms with Gasteiger partial charge in [-0.2, -0.15) is 0 Å². The molecule has 0 radical (unpaired) electrons. The van der Waals surface area contributed by atoms with Gasteiger partial charge in [0.1, 0.15) is 6.04 Å². The Morgan fingerprint density at radius 2 is 1.92 bits per heavy atom. The average Bonchev–Trinajstić information content (AvgIpc) is 3.00. The molecule has 0 aliphatic carbocycles. The lowest BCUT2D eigenvalue weighted by Crippen LogP contribution is -2.35. The van der Waals surface area contributed by atoms with Gasteiger partial charge in [-0.25, -0.2) is 8.78 Å². The fraction of sp³-hybridized carbons (Fsp3) is 0.278. The molecule has 2 aromatic carbocycles. The maximum Gasteiger partial charge on any atom is 0.320 e. The maximum atomic E-state index is 14.2. The number of ether oxygens (including phenoxy) is 1. The van der Waals surface area contributed by atoms with Gasteiger partial charge in [0.15, 0.2) is 23.1 Å². The topological polar surface area (TPSA) is 49.8 Å². The van der Waals surface area contributed by atoms with Crippen LogP contribution in [-0.2, 0) is 11.3 Å². The van der Waals surface area contributed by atoms with E-state index in [0.29, 0.717) is 25.1 Å². The van der Waals surface area contributed by atoms with E-state index in [-0.39, 0.29) is 11.5 Å². The summed E-state index contributed by atoms with van der Waals surface area (Å²) in [4.78, 5) is 13.0. The molecule has 0 spiro atoms. The van der Waals surface area contributed by atoms with Gasteiger partial charge in [0.2, 0.25) is 0 Å². The molecule has 0 amide bonds. The van der Waals surface area contributed by atoms with E-state index in [1.54, 1.807) is 12.1 Å². The molecule has 1 aliphatic heterocycles. The number of benzene rings is 2. The summed E-state index contributed by atoms with van der Waals surface area (Å²) < 4.78 is 33.0. The van der Waals surface area contributed by atoms with Gasteiger partial charge in [-0.15, -0.1) is 0 Å². The normalized spacial score (nSPS) is 17.8. The van der Waals surface area contributed by atoms with Crippen LogP contribution in [0.15, 0.2) is 42.5 Å². The zero-order chi connectivity index (χ0) is 17.1. The Balaban J connectivity index is 1.73. The maximum absolute atomic E-state index is 14.2. The van der Waals surface area contributed by atoms with Crippen molar-refractivity contribution < 1.29 is 23.4 Å². The average molecular weight is 333 g/mol. The number of carboxylic acids is 1. The van der Waals surface area contributed by atoms with Crippen LogP contribution in [0.25, 0.3) is 0 Å². The molecule has 6 heteroatoms. The van der Waals surface area contributed by atoms with Gasteiger partial charge < -0.3 is 9.84 Å². The van der Waals surface area contributed by atoms with Crippen molar-refractivity contribution >= 4 is 5.97 Å². The Morgan fingerprint density at radius 1 is 1.17 bits per heavy atom. The van der Waals surface area contributed by atoms with Gasteiger partial charge in [-0.1, -0.05) is 18.2 Å². The minimum atomic E-state index is -0.854. The zero-order valence-electron chi connectivity index (χ0n) is 12.9. The smallest absolute Gasteiger partial charge is 0.320 e. The van der Waals surface area contributed by atoms with Crippen molar-refractivity contribution in [3.63, 3.8) is 0 Å². The first kappa shape index (κ1) is 16.4. The lowest BCUT2D eigenvalue weighted by molar-refractivity contribution is -0.142. The van der Waals surface area contributed by atoms with Gasteiger partial charge in [-0.05, 0) is 49.2 Å². The van der Waals surface area contributed by atoms with E-state index < -0.39 is 23.6 Å². The largest absolute Gasteiger partial charge is 0.480 e. The van der Waals surface area contributed by atoms with Crippen molar-refractivity contribution in [3.8, 4) is 11.5 Å². The fourth-order valence-electron chi connectivity index (χ4n) is 2.90. The van der Waals surface area contributed by atoms with Crippen molar-refractivity contribution in [2.75, 3.05) is 6.54 Å². The van der Waals surface area contributed by atoms with Crippen LogP contribution in [0.5, 0.6) is 11.5 Å². The molecule has 2 aromatic rings. The Hall–Kier alpha value is -2.47. The van der Waals surface area contributed by atoms with E-state index in [9.17, 15) is 18.7 Å². The van der Waals surface area contributed by atoms with Crippen LogP contribution in [0.2, 0.25) is 0 Å². The first-order valence-electron chi connectivity index (χ1n) is 7.72. The van der Waals surface area contributed by atoms with Crippen molar-refractivity contribution in [3.05, 3.63) is 59.7 Å². The first-order valence-corrected chi connectivity index (χ1v) is 7.72. The molecule has 3 rings (SSSR count). The monoisotopic (exact) mass is 333 g/mol. The quantitative estimate of drug-likeness (QED) is 0.904. The highest BCUT2D eigenvalue weighted by molar-refractivity contribution is 5.73. The minimum absolute atomic E-state index is 0.0466. The Bertz CT molecular complexity index is 751. The van der Waals surface area contributed by atoms with E-state index in [0.717, 1.165) is 6.42 Å². The lowest BCUT2D eigenvalue weighted by Gasteiger charge is -2.21. The molecular weight excluding hydrogens is 316 g/mol. The molecule has 0 saturated carbocycles. The number of aliphatic carboxylic acids is 1. The highest BCUT2D eigenvalue weighted by atomic mass is 19.1. The molecule has 0 aromatic heterocycles. The van der Waals surface area contributed by atoms with Crippen molar-refractivity contribution in [1.29, 1.82) is 0 Å². The number of hydrogen-bond donors (Lipinski definition) is 1. The summed E-state index contributed by atoms with van der Waals surface area (Å²) in [5.74, 6) is -2.15. The van der Waals surface area contributed by atoms with E-state index in [4.69, 9.17) is 4.74 Å². The third-order valence-corrected chi connectivity index (χ3v) is 4.09. The fourth-order valence-corrected chi connectivity index (χ4v) is 2.90. The molecule has 24 heavy (non-hydrogen) atoms. The van der Waals surface area contributed by atoms with Crippen LogP contribution < -0.4 is 4.74 Å². The summed E-state index contributed by atoms with van der Waals surface area (Å²) >= 11 is 0. The molecule has 126 valence electrons. The van der Waals surface area contributed by atoms with Crippen LogP contribution in [0.1, 0.15) is 18.4 Å². The van der Waals surface area contributed by atoms with E-state index in [1.165, 1.54) is 30.3 Å². The molecule has 1 atom stereocenters.